The minimum atomic E-state index is -3.91. The molecule has 1 saturated carbocycles. The van der Waals surface area contributed by atoms with E-state index in [0.717, 1.165) is 55.5 Å². The second kappa shape index (κ2) is 13.5. The summed E-state index contributed by atoms with van der Waals surface area (Å²) in [6, 6.07) is 11.0. The van der Waals surface area contributed by atoms with Crippen LogP contribution < -0.4 is 14.4 Å². The summed E-state index contributed by atoms with van der Waals surface area (Å²) in [7, 11) is -3.91. The van der Waals surface area contributed by atoms with Crippen molar-refractivity contribution in [2.24, 2.45) is 11.8 Å². The highest BCUT2D eigenvalue weighted by Gasteiger charge is 2.52. The Morgan fingerprint density at radius 3 is 2.64 bits per heavy atom. The van der Waals surface area contributed by atoms with Gasteiger partial charge in [0.25, 0.3) is 5.91 Å². The molecule has 4 aliphatic rings. The van der Waals surface area contributed by atoms with Crippen LogP contribution in [0.1, 0.15) is 86.2 Å². The number of sulfonamides is 1. The summed E-state index contributed by atoms with van der Waals surface area (Å²) in [5.41, 5.74) is 2.53. The van der Waals surface area contributed by atoms with Crippen LogP contribution in [0.2, 0.25) is 5.02 Å². The van der Waals surface area contributed by atoms with E-state index in [1.165, 1.54) is 0 Å². The molecular weight excluding hydrogens is 616 g/mol. The van der Waals surface area contributed by atoms with E-state index >= 15 is 0 Å². The minimum absolute atomic E-state index is 0.0395. The molecule has 2 fully saturated rings. The quantitative estimate of drug-likeness (QED) is 0.382. The van der Waals surface area contributed by atoms with Crippen molar-refractivity contribution in [1.29, 1.82) is 0 Å². The van der Waals surface area contributed by atoms with Crippen LogP contribution in [0.15, 0.2) is 36.4 Å². The second-order valence-corrected chi connectivity index (χ2v) is 15.4. The number of nitrogens with zero attached hydrogens (tertiary/aromatic N) is 1. The van der Waals surface area contributed by atoms with Crippen LogP contribution >= 0.6 is 11.6 Å². The Morgan fingerprint density at radius 2 is 1.87 bits per heavy atom. The number of anilines is 1. The third kappa shape index (κ3) is 6.98. The Balaban J connectivity index is 1.39. The third-order valence-electron chi connectivity index (χ3n) is 10.2. The van der Waals surface area contributed by atoms with Crippen LogP contribution in [0.3, 0.4) is 0 Å². The molecule has 1 spiro atoms. The molecular formula is C34H43ClN2O7S. The molecule has 244 valence electrons. The van der Waals surface area contributed by atoms with Crippen molar-refractivity contribution in [3.05, 3.63) is 58.1 Å². The highest BCUT2D eigenvalue weighted by atomic mass is 35.5. The molecule has 0 aromatic heterocycles. The molecule has 3 heterocycles. The topological polar surface area (TPSA) is 111 Å². The zero-order valence-electron chi connectivity index (χ0n) is 25.9. The lowest BCUT2D eigenvalue weighted by Crippen LogP contribution is -2.58. The van der Waals surface area contributed by atoms with E-state index < -0.39 is 26.8 Å². The molecule has 2 aromatic carbocycles. The number of benzene rings is 2. The first-order valence-electron chi connectivity index (χ1n) is 16.3. The molecule has 0 unspecified atom stereocenters. The van der Waals surface area contributed by atoms with Gasteiger partial charge in [0.05, 0.1) is 17.5 Å². The first-order valence-corrected chi connectivity index (χ1v) is 18.2. The lowest BCUT2D eigenvalue weighted by atomic mass is 9.63. The fourth-order valence-electron chi connectivity index (χ4n) is 7.57. The van der Waals surface area contributed by atoms with Crippen molar-refractivity contribution in [1.82, 2.24) is 4.72 Å². The van der Waals surface area contributed by atoms with Crippen LogP contribution in [0.5, 0.6) is 5.75 Å². The van der Waals surface area contributed by atoms with Crippen molar-refractivity contribution >= 4 is 39.2 Å². The molecule has 3 aliphatic heterocycles. The van der Waals surface area contributed by atoms with Gasteiger partial charge >= 0.3 is 5.97 Å². The number of aryl methyl sites for hydroxylation is 1. The van der Waals surface area contributed by atoms with Gasteiger partial charge in [0.2, 0.25) is 10.0 Å². The summed E-state index contributed by atoms with van der Waals surface area (Å²) in [5.74, 6) is 0.0341. The number of amides is 1. The zero-order valence-corrected chi connectivity index (χ0v) is 27.5. The number of esters is 1. The van der Waals surface area contributed by atoms with Gasteiger partial charge in [0, 0.05) is 29.6 Å². The molecule has 2 aromatic rings. The van der Waals surface area contributed by atoms with E-state index in [1.807, 2.05) is 25.1 Å². The van der Waals surface area contributed by atoms with Gasteiger partial charge < -0.3 is 19.1 Å². The number of nitrogens with one attached hydrogen (secondary N) is 1. The molecule has 4 atom stereocenters. The maximum absolute atomic E-state index is 13.4. The maximum Gasteiger partial charge on any atom is 0.332 e. The van der Waals surface area contributed by atoms with Gasteiger partial charge in [0.1, 0.15) is 24.6 Å². The summed E-state index contributed by atoms with van der Waals surface area (Å²) in [6.45, 7) is 3.90. The summed E-state index contributed by atoms with van der Waals surface area (Å²) in [5, 5.41) is -0.0106. The van der Waals surface area contributed by atoms with Crippen LogP contribution in [0.25, 0.3) is 0 Å². The van der Waals surface area contributed by atoms with E-state index in [-0.39, 0.29) is 30.0 Å². The van der Waals surface area contributed by atoms with Gasteiger partial charge in [-0.2, -0.15) is 0 Å². The largest absolute Gasteiger partial charge is 0.487 e. The predicted molar refractivity (Wildman–Crippen MR) is 172 cm³/mol. The first-order chi connectivity index (χ1) is 21.7. The van der Waals surface area contributed by atoms with Crippen molar-refractivity contribution in [2.45, 2.75) is 88.6 Å². The Kier molecular flexibility index (Phi) is 9.64. The van der Waals surface area contributed by atoms with Gasteiger partial charge in [-0.05, 0) is 105 Å². The molecule has 2 bridgehead atoms. The summed E-state index contributed by atoms with van der Waals surface area (Å²) in [4.78, 5) is 28.3. The SMILES string of the molecule is CC[C@@H]1CCCC[C@]2(COCC(=O)O2)[C@@H]2CC[C@H]2CN2CCCCc3cc(Cl)ccc3COc3ccc(cc32)C(=O)NS1(=O)=O. The van der Waals surface area contributed by atoms with E-state index in [0.29, 0.717) is 62.6 Å². The van der Waals surface area contributed by atoms with Crippen molar-refractivity contribution in [2.75, 3.05) is 31.2 Å². The molecule has 1 amide bonds. The average Bonchev–Trinajstić information content (AvgIpc) is 3.01. The van der Waals surface area contributed by atoms with E-state index in [2.05, 4.69) is 9.62 Å². The molecule has 1 aliphatic carbocycles. The maximum atomic E-state index is 13.4. The number of halogens is 1. The Bertz CT molecular complexity index is 1530. The molecule has 11 heteroatoms. The number of carbonyl (C=O) groups is 2. The predicted octanol–water partition coefficient (Wildman–Crippen LogP) is 5.81. The van der Waals surface area contributed by atoms with E-state index in [9.17, 15) is 18.0 Å². The van der Waals surface area contributed by atoms with Gasteiger partial charge in [-0.15, -0.1) is 0 Å². The Morgan fingerprint density at radius 1 is 1.00 bits per heavy atom. The summed E-state index contributed by atoms with van der Waals surface area (Å²) in [6.07, 6.45) is 7.40. The highest BCUT2D eigenvalue weighted by Crippen LogP contribution is 2.48. The fourth-order valence-corrected chi connectivity index (χ4v) is 9.23. The van der Waals surface area contributed by atoms with Crippen molar-refractivity contribution < 1.29 is 32.2 Å². The number of carbonyl (C=O) groups excluding carboxylic acids is 2. The van der Waals surface area contributed by atoms with Gasteiger partial charge in [-0.1, -0.05) is 31.0 Å². The number of rotatable bonds is 1. The lowest BCUT2D eigenvalue weighted by molar-refractivity contribution is -0.215. The van der Waals surface area contributed by atoms with Gasteiger partial charge in [-0.25, -0.2) is 17.9 Å². The van der Waals surface area contributed by atoms with Gasteiger partial charge in [-0.3, -0.25) is 4.79 Å². The summed E-state index contributed by atoms with van der Waals surface area (Å²) < 4.78 is 47.5. The molecule has 1 N–H and O–H groups in total. The summed E-state index contributed by atoms with van der Waals surface area (Å²) >= 11 is 6.34. The number of ether oxygens (including phenoxy) is 3. The van der Waals surface area contributed by atoms with Crippen LogP contribution in [0, 0.1) is 11.8 Å². The standard InChI is InChI=1S/C34H43ClN2O7S/c1-2-28-8-3-5-15-34(22-42-21-32(38)44-34)29-13-10-25(29)19-37-16-6-4-7-23-17-27(35)12-9-26(23)20-43-31-14-11-24(18-30(31)37)33(39)36-45(28,40)41/h9,11-12,14,17-18,25,28-29H,2-8,10,13,15-16,19-22H2,1H3,(H,36,39)/t25-,28+,29+,34-/m0/s1. The smallest absolute Gasteiger partial charge is 0.332 e. The van der Waals surface area contributed by atoms with Gasteiger partial charge in [0.15, 0.2) is 0 Å². The Hall–Kier alpha value is -2.82. The number of hydrogen-bond acceptors (Lipinski definition) is 8. The zero-order chi connectivity index (χ0) is 31.6. The van der Waals surface area contributed by atoms with E-state index in [4.69, 9.17) is 25.8 Å². The van der Waals surface area contributed by atoms with Crippen LogP contribution in [0.4, 0.5) is 5.69 Å². The molecule has 45 heavy (non-hydrogen) atoms. The van der Waals surface area contributed by atoms with Crippen molar-refractivity contribution in [3.63, 3.8) is 0 Å². The first kappa shape index (κ1) is 32.1. The lowest BCUT2D eigenvalue weighted by Gasteiger charge is -2.52. The number of fused-ring (bicyclic) bond motifs is 4. The molecule has 1 saturated heterocycles. The fraction of sp³-hybridized carbons (Fsp3) is 0.588. The Labute approximate surface area is 271 Å². The monoisotopic (exact) mass is 658 g/mol. The molecule has 0 radical (unpaired) electrons. The second-order valence-electron chi connectivity index (χ2n) is 13.0. The molecule has 9 nitrogen and oxygen atoms in total. The number of hydrogen-bond donors (Lipinski definition) is 1. The van der Waals surface area contributed by atoms with Crippen LogP contribution in [-0.4, -0.2) is 57.4 Å². The molecule has 6 rings (SSSR count). The highest BCUT2D eigenvalue weighted by molar-refractivity contribution is 7.90. The normalized spacial score (nSPS) is 29.1. The van der Waals surface area contributed by atoms with E-state index in [1.54, 1.807) is 18.2 Å². The third-order valence-corrected chi connectivity index (χ3v) is 12.3. The van der Waals surface area contributed by atoms with Crippen molar-refractivity contribution in [3.8, 4) is 5.75 Å². The minimum Gasteiger partial charge on any atom is -0.487 e. The average molecular weight is 659 g/mol. The van der Waals surface area contributed by atoms with Crippen LogP contribution in [-0.2, 0) is 37.3 Å².